The van der Waals surface area contributed by atoms with Crippen molar-refractivity contribution in [1.82, 2.24) is 9.62 Å². The molecule has 0 radical (unpaired) electrons. The predicted molar refractivity (Wildman–Crippen MR) is 124 cm³/mol. The molecule has 2 aromatic carbocycles. The minimum Gasteiger partial charge on any atom is -0.484 e. The summed E-state index contributed by atoms with van der Waals surface area (Å²) in [6, 6.07) is 14.7. The van der Waals surface area contributed by atoms with E-state index in [1.165, 1.54) is 11.1 Å². The molecule has 2 atom stereocenters. The topological polar surface area (TPSA) is 99.5 Å². The Hall–Kier alpha value is -2.73. The first-order valence-electron chi connectivity index (χ1n) is 11.3. The van der Waals surface area contributed by atoms with E-state index in [9.17, 15) is 13.2 Å². The lowest BCUT2D eigenvalue weighted by Crippen LogP contribution is -2.66. The number of nitrogens with zero attached hydrogens (tertiary/aromatic N) is 2. The molecule has 0 amide bonds. The smallest absolute Gasteiger partial charge is 0.209 e. The van der Waals surface area contributed by atoms with Gasteiger partial charge in [-0.05, 0) is 54.7 Å². The summed E-state index contributed by atoms with van der Waals surface area (Å²) in [5.74, 6) is 0.304. The molecule has 1 spiro atoms. The van der Waals surface area contributed by atoms with Crippen LogP contribution in [0.3, 0.4) is 0 Å². The molecule has 1 saturated heterocycles. The molecule has 7 nitrogen and oxygen atoms in total. The Bertz CT molecular complexity index is 1240. The molecule has 2 heterocycles. The molecular weight excluding hydrogens is 438 g/mol. The molecule has 0 saturated carbocycles. The van der Waals surface area contributed by atoms with Gasteiger partial charge in [0.15, 0.2) is 5.78 Å². The Kier molecular flexibility index (Phi) is 5.52. The van der Waals surface area contributed by atoms with Gasteiger partial charge in [0, 0.05) is 32.0 Å². The Morgan fingerprint density at radius 2 is 1.91 bits per heavy atom. The molecule has 0 aromatic heterocycles. The number of rotatable bonds is 3. The largest absolute Gasteiger partial charge is 0.484 e. The maximum absolute atomic E-state index is 13.3. The normalized spacial score (nSPS) is 24.4. The number of hydrogen-bond donors (Lipinski definition) is 1. The van der Waals surface area contributed by atoms with E-state index in [0.29, 0.717) is 35.8 Å². The van der Waals surface area contributed by atoms with E-state index in [2.05, 4.69) is 21.8 Å². The van der Waals surface area contributed by atoms with Gasteiger partial charge in [0.25, 0.3) is 0 Å². The maximum atomic E-state index is 13.3. The first kappa shape index (κ1) is 22.1. The zero-order chi connectivity index (χ0) is 23.2. The van der Waals surface area contributed by atoms with Crippen molar-refractivity contribution in [2.75, 3.05) is 19.3 Å². The van der Waals surface area contributed by atoms with Crippen molar-refractivity contribution in [3.8, 4) is 11.8 Å². The average Bonchev–Trinajstić information content (AvgIpc) is 2.81. The number of nitrogens with one attached hydrogen (secondary N) is 1. The van der Waals surface area contributed by atoms with Gasteiger partial charge in [0.2, 0.25) is 10.0 Å². The van der Waals surface area contributed by atoms with Crippen LogP contribution in [0, 0.1) is 11.3 Å². The summed E-state index contributed by atoms with van der Waals surface area (Å²) in [6.07, 6.45) is 5.11. The first-order chi connectivity index (χ1) is 15.8. The number of hydrogen-bond acceptors (Lipinski definition) is 6. The fourth-order valence-electron chi connectivity index (χ4n) is 5.58. The second kappa shape index (κ2) is 8.24. The van der Waals surface area contributed by atoms with E-state index in [1.54, 1.807) is 18.2 Å². The van der Waals surface area contributed by atoms with E-state index in [0.717, 1.165) is 38.6 Å². The number of Topliss-reactive ketones (excluding diaryl/α,β-unsaturated/α-hetero) is 1. The lowest BCUT2D eigenvalue weighted by molar-refractivity contribution is -0.0342. The van der Waals surface area contributed by atoms with Crippen molar-refractivity contribution in [3.63, 3.8) is 0 Å². The van der Waals surface area contributed by atoms with Crippen molar-refractivity contribution in [1.29, 1.82) is 5.26 Å². The van der Waals surface area contributed by atoms with Crippen LogP contribution >= 0.6 is 0 Å². The van der Waals surface area contributed by atoms with E-state index in [-0.39, 0.29) is 5.78 Å². The fourth-order valence-corrected chi connectivity index (χ4v) is 6.33. The van der Waals surface area contributed by atoms with Gasteiger partial charge in [-0.3, -0.25) is 9.69 Å². The lowest BCUT2D eigenvalue weighted by Gasteiger charge is -2.49. The number of aryl methyl sites for hydroxylation is 1. The number of piperidine rings is 1. The molecule has 1 N–H and O–H groups in total. The molecule has 2 aliphatic heterocycles. The van der Waals surface area contributed by atoms with Gasteiger partial charge in [0.05, 0.1) is 23.5 Å². The molecule has 172 valence electrons. The summed E-state index contributed by atoms with van der Waals surface area (Å²) >= 11 is 0. The second-order valence-corrected chi connectivity index (χ2v) is 11.2. The summed E-state index contributed by atoms with van der Waals surface area (Å²) in [5, 5.41) is 9.15. The monoisotopic (exact) mass is 465 g/mol. The highest BCUT2D eigenvalue weighted by molar-refractivity contribution is 7.88. The van der Waals surface area contributed by atoms with Gasteiger partial charge in [-0.25, -0.2) is 13.1 Å². The quantitative estimate of drug-likeness (QED) is 0.748. The van der Waals surface area contributed by atoms with Crippen LogP contribution in [0.1, 0.15) is 46.3 Å². The molecule has 2 aromatic rings. The number of ether oxygens (including phenoxy) is 1. The van der Waals surface area contributed by atoms with Crippen molar-refractivity contribution >= 4 is 15.8 Å². The van der Waals surface area contributed by atoms with Crippen molar-refractivity contribution in [2.45, 2.75) is 49.8 Å². The van der Waals surface area contributed by atoms with Crippen LogP contribution < -0.4 is 9.46 Å². The number of sulfonamides is 1. The van der Waals surface area contributed by atoms with E-state index >= 15 is 0 Å². The summed E-state index contributed by atoms with van der Waals surface area (Å²) < 4.78 is 33.2. The number of carbonyl (C=O) groups is 1. The van der Waals surface area contributed by atoms with Crippen LogP contribution in [0.5, 0.6) is 5.75 Å². The standard InChI is InChI=1S/C25H27N3O4S/c1-33(30,31)27-24-23(29)21-4-2-3-5-22(21)32-25(24)10-12-28(13-11-25)20-9-8-18-14-17(16-26)6-7-19(18)15-20/h2-7,14,20,24,27H,8-13,15H2,1H3. The molecule has 1 aliphatic carbocycles. The highest BCUT2D eigenvalue weighted by Crippen LogP contribution is 2.41. The molecular formula is C25H27N3O4S. The molecule has 1 fully saturated rings. The van der Waals surface area contributed by atoms with Crippen LogP contribution in [-0.2, 0) is 22.9 Å². The van der Waals surface area contributed by atoms with Gasteiger partial charge < -0.3 is 4.74 Å². The third-order valence-corrected chi connectivity index (χ3v) is 7.95. The van der Waals surface area contributed by atoms with Crippen LogP contribution in [0.4, 0.5) is 0 Å². The SMILES string of the molecule is CS(=O)(=O)NC1C(=O)c2ccccc2OC12CCN(C1CCc3cc(C#N)ccc3C1)CC2. The molecule has 0 bridgehead atoms. The van der Waals surface area contributed by atoms with E-state index < -0.39 is 21.7 Å². The van der Waals surface area contributed by atoms with Crippen LogP contribution in [0.25, 0.3) is 0 Å². The highest BCUT2D eigenvalue weighted by atomic mass is 32.2. The van der Waals surface area contributed by atoms with Crippen LogP contribution in [0.15, 0.2) is 42.5 Å². The van der Waals surface area contributed by atoms with Gasteiger partial charge in [-0.1, -0.05) is 18.2 Å². The fraction of sp³-hybridized carbons (Fsp3) is 0.440. The van der Waals surface area contributed by atoms with Gasteiger partial charge in [-0.2, -0.15) is 5.26 Å². The predicted octanol–water partition coefficient (Wildman–Crippen LogP) is 2.44. The second-order valence-electron chi connectivity index (χ2n) is 9.38. The lowest BCUT2D eigenvalue weighted by atomic mass is 9.77. The molecule has 33 heavy (non-hydrogen) atoms. The molecule has 5 rings (SSSR count). The van der Waals surface area contributed by atoms with Crippen LogP contribution in [0.2, 0.25) is 0 Å². The number of para-hydroxylation sites is 1. The minimum atomic E-state index is -3.60. The van der Waals surface area contributed by atoms with Crippen molar-refractivity contribution in [2.24, 2.45) is 0 Å². The summed E-state index contributed by atoms with van der Waals surface area (Å²) in [5.41, 5.74) is 2.79. The zero-order valence-corrected chi connectivity index (χ0v) is 19.4. The summed E-state index contributed by atoms with van der Waals surface area (Å²) in [6.45, 7) is 1.46. The number of ketones is 1. The number of carbonyl (C=O) groups excluding carboxylic acids is 1. The van der Waals surface area contributed by atoms with Crippen LogP contribution in [-0.4, -0.2) is 56.1 Å². The third kappa shape index (κ3) is 4.17. The first-order valence-corrected chi connectivity index (χ1v) is 13.2. The molecule has 2 unspecified atom stereocenters. The van der Waals surface area contributed by atoms with Gasteiger partial charge in [0.1, 0.15) is 17.4 Å². The van der Waals surface area contributed by atoms with Crippen molar-refractivity contribution < 1.29 is 17.9 Å². The summed E-state index contributed by atoms with van der Waals surface area (Å²) in [4.78, 5) is 15.7. The molecule has 8 heteroatoms. The number of benzene rings is 2. The zero-order valence-electron chi connectivity index (χ0n) is 18.6. The van der Waals surface area contributed by atoms with Gasteiger partial charge >= 0.3 is 0 Å². The maximum Gasteiger partial charge on any atom is 0.209 e. The average molecular weight is 466 g/mol. The molecule has 3 aliphatic rings. The van der Waals surface area contributed by atoms with E-state index in [4.69, 9.17) is 10.00 Å². The number of nitriles is 1. The van der Waals surface area contributed by atoms with Gasteiger partial charge in [-0.15, -0.1) is 0 Å². The highest BCUT2D eigenvalue weighted by Gasteiger charge is 2.52. The Labute approximate surface area is 194 Å². The third-order valence-electron chi connectivity index (χ3n) is 7.28. The Morgan fingerprint density at radius 3 is 2.64 bits per heavy atom. The van der Waals surface area contributed by atoms with E-state index in [1.807, 2.05) is 18.2 Å². The summed E-state index contributed by atoms with van der Waals surface area (Å²) in [7, 11) is -3.60. The van der Waals surface area contributed by atoms with Crippen molar-refractivity contribution in [3.05, 3.63) is 64.7 Å². The number of likely N-dealkylation sites (tertiary alicyclic amines) is 1. The Balaban J connectivity index is 1.36. The Morgan fingerprint density at radius 1 is 1.15 bits per heavy atom. The minimum absolute atomic E-state index is 0.226. The number of fused-ring (bicyclic) bond motifs is 2.